The van der Waals surface area contributed by atoms with Crippen LogP contribution in [0, 0.1) is 0 Å². The highest BCUT2D eigenvalue weighted by Crippen LogP contribution is 2.22. The molecule has 0 fully saturated rings. The molecule has 0 saturated carbocycles. The van der Waals surface area contributed by atoms with Gasteiger partial charge in [-0.15, -0.1) is 0 Å². The van der Waals surface area contributed by atoms with Crippen molar-refractivity contribution in [1.29, 1.82) is 0 Å². The number of nitrogens with zero attached hydrogens (tertiary/aromatic N) is 3. The van der Waals surface area contributed by atoms with E-state index in [1.54, 1.807) is 4.68 Å². The first-order chi connectivity index (χ1) is 13.5. The molecule has 1 aliphatic rings. The monoisotopic (exact) mass is 379 g/mol. The summed E-state index contributed by atoms with van der Waals surface area (Å²) in [5.74, 6) is -0.252. The van der Waals surface area contributed by atoms with Gasteiger partial charge in [-0.3, -0.25) is 14.3 Å². The molecule has 7 heteroatoms. The van der Waals surface area contributed by atoms with Gasteiger partial charge in [0.05, 0.1) is 11.4 Å². The van der Waals surface area contributed by atoms with Gasteiger partial charge < -0.3 is 15.2 Å². The van der Waals surface area contributed by atoms with E-state index in [2.05, 4.69) is 17.6 Å². The molecule has 0 bridgehead atoms. The predicted octanol–water partition coefficient (Wildman–Crippen LogP) is 2.46. The van der Waals surface area contributed by atoms with Gasteiger partial charge in [0.1, 0.15) is 11.4 Å². The van der Waals surface area contributed by atoms with E-state index in [4.69, 9.17) is 0 Å². The summed E-state index contributed by atoms with van der Waals surface area (Å²) in [5.41, 5.74) is 3.35. The molecule has 4 rings (SSSR count). The SMILES string of the molecule is CCc1c(NC(=O)c2ccc3n2CCNC3C)c(=O)n(-c2ccccc2)n1C. The number of hydrogen-bond acceptors (Lipinski definition) is 3. The summed E-state index contributed by atoms with van der Waals surface area (Å²) in [6.07, 6.45) is 0.633. The van der Waals surface area contributed by atoms with Crippen LogP contribution in [0.25, 0.3) is 5.69 Å². The van der Waals surface area contributed by atoms with Gasteiger partial charge in [0, 0.05) is 31.9 Å². The average molecular weight is 379 g/mol. The van der Waals surface area contributed by atoms with Gasteiger partial charge in [-0.1, -0.05) is 25.1 Å². The summed E-state index contributed by atoms with van der Waals surface area (Å²) in [6, 6.07) is 13.5. The van der Waals surface area contributed by atoms with E-state index in [0.717, 1.165) is 30.2 Å². The molecule has 28 heavy (non-hydrogen) atoms. The van der Waals surface area contributed by atoms with Crippen LogP contribution in [-0.2, 0) is 20.0 Å². The van der Waals surface area contributed by atoms with Crippen LogP contribution in [-0.4, -0.2) is 26.4 Å². The molecule has 1 unspecified atom stereocenters. The molecule has 7 nitrogen and oxygen atoms in total. The van der Waals surface area contributed by atoms with E-state index >= 15 is 0 Å². The number of nitrogens with one attached hydrogen (secondary N) is 2. The number of carbonyl (C=O) groups is 1. The summed E-state index contributed by atoms with van der Waals surface area (Å²) in [7, 11) is 1.84. The molecule has 1 amide bonds. The highest BCUT2D eigenvalue weighted by Gasteiger charge is 2.24. The van der Waals surface area contributed by atoms with Crippen LogP contribution >= 0.6 is 0 Å². The van der Waals surface area contributed by atoms with Gasteiger partial charge in [-0.25, -0.2) is 4.68 Å². The van der Waals surface area contributed by atoms with Crippen LogP contribution in [0.2, 0.25) is 0 Å². The molecule has 1 aliphatic heterocycles. The van der Waals surface area contributed by atoms with Crippen LogP contribution in [0.15, 0.2) is 47.3 Å². The second-order valence-electron chi connectivity index (χ2n) is 7.08. The molecule has 0 spiro atoms. The number of aromatic nitrogens is 3. The van der Waals surface area contributed by atoms with E-state index in [0.29, 0.717) is 17.8 Å². The molecule has 2 N–H and O–H groups in total. The number of benzene rings is 1. The molecular formula is C21H25N5O2. The predicted molar refractivity (Wildman–Crippen MR) is 109 cm³/mol. The van der Waals surface area contributed by atoms with E-state index in [9.17, 15) is 9.59 Å². The summed E-state index contributed by atoms with van der Waals surface area (Å²) >= 11 is 0. The molecule has 3 aromatic rings. The van der Waals surface area contributed by atoms with Crippen LogP contribution in [0.3, 0.4) is 0 Å². The molecule has 0 radical (unpaired) electrons. The fourth-order valence-corrected chi connectivity index (χ4v) is 4.02. The fraction of sp³-hybridized carbons (Fsp3) is 0.333. The Morgan fingerprint density at radius 3 is 2.68 bits per heavy atom. The Labute approximate surface area is 163 Å². The number of hydrogen-bond donors (Lipinski definition) is 2. The number of anilines is 1. The third-order valence-corrected chi connectivity index (χ3v) is 5.44. The topological polar surface area (TPSA) is 73.0 Å². The van der Waals surface area contributed by atoms with Gasteiger partial charge in [0.2, 0.25) is 0 Å². The van der Waals surface area contributed by atoms with Crippen LogP contribution in [0.4, 0.5) is 5.69 Å². The molecule has 1 aromatic carbocycles. The quantitative estimate of drug-likeness (QED) is 0.731. The molecule has 3 heterocycles. The van der Waals surface area contributed by atoms with Crippen molar-refractivity contribution in [2.24, 2.45) is 7.05 Å². The van der Waals surface area contributed by atoms with Crippen molar-refractivity contribution >= 4 is 11.6 Å². The Kier molecular flexibility index (Phi) is 4.68. The Bertz CT molecular complexity index is 1070. The van der Waals surface area contributed by atoms with Crippen molar-refractivity contribution in [2.45, 2.75) is 32.9 Å². The van der Waals surface area contributed by atoms with E-state index in [1.165, 1.54) is 0 Å². The van der Waals surface area contributed by atoms with Crippen molar-refractivity contribution in [1.82, 2.24) is 19.2 Å². The lowest BCUT2D eigenvalue weighted by Gasteiger charge is -2.24. The van der Waals surface area contributed by atoms with Gasteiger partial charge in [-0.05, 0) is 37.6 Å². The second-order valence-corrected chi connectivity index (χ2v) is 7.08. The highest BCUT2D eigenvalue weighted by molar-refractivity contribution is 6.03. The Morgan fingerprint density at radius 1 is 1.21 bits per heavy atom. The minimum Gasteiger partial charge on any atom is -0.338 e. The maximum atomic E-state index is 13.1. The molecule has 146 valence electrons. The van der Waals surface area contributed by atoms with E-state index in [1.807, 2.05) is 65.7 Å². The standard InChI is InChI=1S/C21H25N5O2/c1-4-16-19(21(28)26(24(16)3)15-8-6-5-7-9-15)23-20(27)18-11-10-17-14(2)22-12-13-25(17)18/h5-11,14,22H,4,12-13H2,1-3H3,(H,23,27). The molecule has 0 aliphatic carbocycles. The van der Waals surface area contributed by atoms with Crippen molar-refractivity contribution in [2.75, 3.05) is 11.9 Å². The number of fused-ring (bicyclic) bond motifs is 1. The van der Waals surface area contributed by atoms with Gasteiger partial charge >= 0.3 is 0 Å². The summed E-state index contributed by atoms with van der Waals surface area (Å²) in [4.78, 5) is 26.1. The normalized spacial score (nSPS) is 16.0. The lowest BCUT2D eigenvalue weighted by molar-refractivity contribution is 0.101. The minimum absolute atomic E-state index is 0.202. The zero-order chi connectivity index (χ0) is 19.8. The van der Waals surface area contributed by atoms with Gasteiger partial charge in [0.15, 0.2) is 0 Å². The Morgan fingerprint density at radius 2 is 1.96 bits per heavy atom. The van der Waals surface area contributed by atoms with Crippen LogP contribution < -0.4 is 16.2 Å². The molecule has 0 saturated heterocycles. The average Bonchev–Trinajstić information content (AvgIpc) is 3.23. The first kappa shape index (κ1) is 18.3. The second kappa shape index (κ2) is 7.16. The number of carbonyl (C=O) groups excluding carboxylic acids is 1. The highest BCUT2D eigenvalue weighted by atomic mass is 16.2. The van der Waals surface area contributed by atoms with Gasteiger partial charge in [-0.2, -0.15) is 0 Å². The molecule has 1 atom stereocenters. The zero-order valence-corrected chi connectivity index (χ0v) is 16.4. The number of rotatable bonds is 4. The third kappa shape index (κ3) is 2.88. The van der Waals surface area contributed by atoms with Crippen molar-refractivity contribution < 1.29 is 4.79 Å². The summed E-state index contributed by atoms with van der Waals surface area (Å²) < 4.78 is 5.43. The lowest BCUT2D eigenvalue weighted by atomic mass is 10.2. The molecule has 2 aromatic heterocycles. The Balaban J connectivity index is 1.73. The fourth-order valence-electron chi connectivity index (χ4n) is 4.02. The lowest BCUT2D eigenvalue weighted by Crippen LogP contribution is -2.33. The minimum atomic E-state index is -0.252. The summed E-state index contributed by atoms with van der Waals surface area (Å²) in [6.45, 7) is 5.61. The van der Waals surface area contributed by atoms with Crippen molar-refractivity contribution in [3.63, 3.8) is 0 Å². The van der Waals surface area contributed by atoms with Crippen molar-refractivity contribution in [3.8, 4) is 5.69 Å². The van der Waals surface area contributed by atoms with E-state index in [-0.39, 0.29) is 17.5 Å². The van der Waals surface area contributed by atoms with Crippen LogP contribution in [0.1, 0.15) is 41.8 Å². The van der Waals surface area contributed by atoms with E-state index < -0.39 is 0 Å². The summed E-state index contributed by atoms with van der Waals surface area (Å²) in [5, 5.41) is 6.28. The van der Waals surface area contributed by atoms with Crippen molar-refractivity contribution in [3.05, 3.63) is 69.9 Å². The first-order valence-electron chi connectivity index (χ1n) is 9.63. The molecular weight excluding hydrogens is 354 g/mol. The largest absolute Gasteiger partial charge is 0.338 e. The maximum absolute atomic E-state index is 13.1. The number of amides is 1. The smallest absolute Gasteiger partial charge is 0.295 e. The third-order valence-electron chi connectivity index (χ3n) is 5.44. The zero-order valence-electron chi connectivity index (χ0n) is 16.4. The van der Waals surface area contributed by atoms with Crippen LogP contribution in [0.5, 0.6) is 0 Å². The maximum Gasteiger partial charge on any atom is 0.295 e. The Hall–Kier alpha value is -3.06. The first-order valence-corrected chi connectivity index (χ1v) is 9.63. The van der Waals surface area contributed by atoms with Gasteiger partial charge in [0.25, 0.3) is 11.5 Å². The number of para-hydroxylation sites is 1.